The lowest BCUT2D eigenvalue weighted by molar-refractivity contribution is -0.142. The van der Waals surface area contributed by atoms with Crippen LogP contribution in [0.5, 0.6) is 5.75 Å². The fourth-order valence-corrected chi connectivity index (χ4v) is 2.57. The Morgan fingerprint density at radius 1 is 1.32 bits per heavy atom. The Labute approximate surface area is 115 Å². The van der Waals surface area contributed by atoms with Gasteiger partial charge in [0.1, 0.15) is 5.75 Å². The summed E-state index contributed by atoms with van der Waals surface area (Å²) in [6.45, 7) is 0. The molecule has 0 heterocycles. The standard InChI is InChI=1S/C13H14ClNO4/c14-10-5-4-7(16)6-9(10)12(17)15-11-3-1-2-8(11)13(18)19/h4-6,8,11,16H,1-3H2,(H,15,17)(H,18,19). The average Bonchev–Trinajstić information content (AvgIpc) is 2.80. The minimum absolute atomic E-state index is 0.0595. The highest BCUT2D eigenvalue weighted by Gasteiger charge is 2.34. The minimum Gasteiger partial charge on any atom is -0.508 e. The Morgan fingerprint density at radius 2 is 2.05 bits per heavy atom. The molecule has 3 N–H and O–H groups in total. The van der Waals surface area contributed by atoms with Crippen LogP contribution in [-0.4, -0.2) is 28.1 Å². The number of rotatable bonds is 3. The molecule has 0 aromatic heterocycles. The SMILES string of the molecule is O=C(NC1CCCC1C(=O)O)c1cc(O)ccc1Cl. The zero-order chi connectivity index (χ0) is 14.0. The number of carbonyl (C=O) groups excluding carboxylic acids is 1. The van der Waals surface area contributed by atoms with Crippen molar-refractivity contribution in [3.05, 3.63) is 28.8 Å². The normalized spacial score (nSPS) is 22.2. The summed E-state index contributed by atoms with van der Waals surface area (Å²) < 4.78 is 0. The van der Waals surface area contributed by atoms with E-state index in [1.54, 1.807) is 0 Å². The van der Waals surface area contributed by atoms with Gasteiger partial charge in [0.2, 0.25) is 0 Å². The van der Waals surface area contributed by atoms with Crippen LogP contribution in [0.25, 0.3) is 0 Å². The van der Waals surface area contributed by atoms with Crippen molar-refractivity contribution in [2.75, 3.05) is 0 Å². The van der Waals surface area contributed by atoms with Crippen LogP contribution in [-0.2, 0) is 4.79 Å². The van der Waals surface area contributed by atoms with Crippen molar-refractivity contribution in [1.82, 2.24) is 5.32 Å². The molecule has 0 radical (unpaired) electrons. The van der Waals surface area contributed by atoms with E-state index in [9.17, 15) is 14.7 Å². The lowest BCUT2D eigenvalue weighted by atomic mass is 10.0. The Kier molecular flexibility index (Phi) is 3.95. The van der Waals surface area contributed by atoms with Gasteiger partial charge >= 0.3 is 5.97 Å². The smallest absolute Gasteiger partial charge is 0.308 e. The highest BCUT2D eigenvalue weighted by atomic mass is 35.5. The van der Waals surface area contributed by atoms with E-state index in [-0.39, 0.29) is 22.4 Å². The molecule has 2 unspecified atom stereocenters. The third-order valence-electron chi connectivity index (χ3n) is 3.34. The number of carboxylic acid groups (broad SMARTS) is 1. The highest BCUT2D eigenvalue weighted by Crippen LogP contribution is 2.27. The van der Waals surface area contributed by atoms with Gasteiger partial charge in [0.15, 0.2) is 0 Å². The molecule has 1 aromatic carbocycles. The molecule has 1 aliphatic rings. The van der Waals surface area contributed by atoms with Crippen molar-refractivity contribution in [3.8, 4) is 5.75 Å². The summed E-state index contributed by atoms with van der Waals surface area (Å²) in [5.74, 6) is -1.97. The van der Waals surface area contributed by atoms with Gasteiger partial charge in [-0.3, -0.25) is 9.59 Å². The largest absolute Gasteiger partial charge is 0.508 e. The third-order valence-corrected chi connectivity index (χ3v) is 3.67. The van der Waals surface area contributed by atoms with Crippen molar-refractivity contribution < 1.29 is 19.8 Å². The van der Waals surface area contributed by atoms with E-state index in [0.29, 0.717) is 12.8 Å². The Hall–Kier alpha value is -1.75. The molecular weight excluding hydrogens is 270 g/mol. The number of benzene rings is 1. The predicted molar refractivity (Wildman–Crippen MR) is 69.3 cm³/mol. The topological polar surface area (TPSA) is 86.6 Å². The van der Waals surface area contributed by atoms with Gasteiger partial charge in [-0.25, -0.2) is 0 Å². The fourth-order valence-electron chi connectivity index (χ4n) is 2.36. The second kappa shape index (κ2) is 5.48. The van der Waals surface area contributed by atoms with E-state index in [1.165, 1.54) is 18.2 Å². The Bertz CT molecular complexity index is 517. The molecule has 0 bridgehead atoms. The van der Waals surface area contributed by atoms with Gasteiger partial charge in [-0.1, -0.05) is 18.0 Å². The minimum atomic E-state index is -0.898. The van der Waals surface area contributed by atoms with Gasteiger partial charge < -0.3 is 15.5 Å². The quantitative estimate of drug-likeness (QED) is 0.792. The van der Waals surface area contributed by atoms with E-state index in [1.807, 2.05) is 0 Å². The van der Waals surface area contributed by atoms with Crippen LogP contribution in [0.1, 0.15) is 29.6 Å². The molecule has 1 fully saturated rings. The lowest BCUT2D eigenvalue weighted by Crippen LogP contribution is -2.40. The summed E-state index contributed by atoms with van der Waals surface area (Å²) in [4.78, 5) is 23.1. The number of carbonyl (C=O) groups is 2. The van der Waals surface area contributed by atoms with Gasteiger partial charge in [0.25, 0.3) is 5.91 Å². The first-order chi connectivity index (χ1) is 8.99. The second-order valence-corrected chi connectivity index (χ2v) is 5.03. The molecule has 0 saturated heterocycles. The molecule has 1 aliphatic carbocycles. The molecule has 6 heteroatoms. The molecule has 19 heavy (non-hydrogen) atoms. The molecule has 1 saturated carbocycles. The molecule has 0 spiro atoms. The Morgan fingerprint density at radius 3 is 2.74 bits per heavy atom. The molecule has 2 rings (SSSR count). The summed E-state index contributed by atoms with van der Waals surface area (Å²) >= 11 is 5.89. The predicted octanol–water partition coefficient (Wildman–Crippen LogP) is 2.03. The molecular formula is C13H14ClNO4. The van der Waals surface area contributed by atoms with Crippen molar-refractivity contribution >= 4 is 23.5 Å². The van der Waals surface area contributed by atoms with Gasteiger partial charge in [-0.15, -0.1) is 0 Å². The molecule has 1 amide bonds. The summed E-state index contributed by atoms with van der Waals surface area (Å²) in [5.41, 5.74) is 0.151. The summed E-state index contributed by atoms with van der Waals surface area (Å²) in [6.07, 6.45) is 1.98. The van der Waals surface area contributed by atoms with E-state index < -0.39 is 17.8 Å². The number of amides is 1. The van der Waals surface area contributed by atoms with Gasteiger partial charge in [0, 0.05) is 6.04 Å². The van der Waals surface area contributed by atoms with Crippen LogP contribution in [0, 0.1) is 5.92 Å². The molecule has 5 nitrogen and oxygen atoms in total. The molecule has 102 valence electrons. The monoisotopic (exact) mass is 283 g/mol. The summed E-state index contributed by atoms with van der Waals surface area (Å²) in [7, 11) is 0. The number of halogens is 1. The van der Waals surface area contributed by atoms with Crippen LogP contribution in [0.2, 0.25) is 5.02 Å². The number of carboxylic acids is 1. The van der Waals surface area contributed by atoms with E-state index >= 15 is 0 Å². The second-order valence-electron chi connectivity index (χ2n) is 4.62. The highest BCUT2D eigenvalue weighted by molar-refractivity contribution is 6.33. The first kappa shape index (κ1) is 13.7. The van der Waals surface area contributed by atoms with Crippen LogP contribution in [0.15, 0.2) is 18.2 Å². The maximum absolute atomic E-state index is 12.0. The number of aliphatic carboxylic acids is 1. The van der Waals surface area contributed by atoms with Crippen molar-refractivity contribution in [2.45, 2.75) is 25.3 Å². The zero-order valence-corrected chi connectivity index (χ0v) is 10.9. The number of aromatic hydroxyl groups is 1. The number of nitrogens with one attached hydrogen (secondary N) is 1. The van der Waals surface area contributed by atoms with Crippen LogP contribution >= 0.6 is 11.6 Å². The van der Waals surface area contributed by atoms with Gasteiger partial charge in [0.05, 0.1) is 16.5 Å². The molecule has 1 aromatic rings. The van der Waals surface area contributed by atoms with Gasteiger partial charge in [-0.05, 0) is 31.0 Å². The van der Waals surface area contributed by atoms with Gasteiger partial charge in [-0.2, -0.15) is 0 Å². The molecule has 0 aliphatic heterocycles. The first-order valence-electron chi connectivity index (χ1n) is 6.01. The van der Waals surface area contributed by atoms with E-state index in [4.69, 9.17) is 16.7 Å². The van der Waals surface area contributed by atoms with Crippen LogP contribution in [0.4, 0.5) is 0 Å². The maximum atomic E-state index is 12.0. The van der Waals surface area contributed by atoms with Crippen LogP contribution in [0.3, 0.4) is 0 Å². The first-order valence-corrected chi connectivity index (χ1v) is 6.39. The lowest BCUT2D eigenvalue weighted by Gasteiger charge is -2.18. The number of phenols is 1. The van der Waals surface area contributed by atoms with E-state index in [2.05, 4.69) is 5.32 Å². The number of hydrogen-bond donors (Lipinski definition) is 3. The maximum Gasteiger partial charge on any atom is 0.308 e. The zero-order valence-electron chi connectivity index (χ0n) is 10.1. The van der Waals surface area contributed by atoms with Crippen molar-refractivity contribution in [1.29, 1.82) is 0 Å². The Balaban J connectivity index is 2.12. The number of hydrogen-bond acceptors (Lipinski definition) is 3. The summed E-state index contributed by atoms with van der Waals surface area (Å²) in [5, 5.41) is 21.3. The number of phenolic OH excluding ortho intramolecular Hbond substituents is 1. The fraction of sp³-hybridized carbons (Fsp3) is 0.385. The van der Waals surface area contributed by atoms with E-state index in [0.717, 1.165) is 6.42 Å². The average molecular weight is 284 g/mol. The van der Waals surface area contributed by atoms with Crippen molar-refractivity contribution in [3.63, 3.8) is 0 Å². The summed E-state index contributed by atoms with van der Waals surface area (Å²) in [6, 6.07) is 3.69. The van der Waals surface area contributed by atoms with Crippen molar-refractivity contribution in [2.24, 2.45) is 5.92 Å². The molecule has 2 atom stereocenters. The third kappa shape index (κ3) is 2.98. The van der Waals surface area contributed by atoms with Crippen LogP contribution < -0.4 is 5.32 Å².